The van der Waals surface area contributed by atoms with Gasteiger partial charge in [-0.15, -0.1) is 0 Å². The van der Waals surface area contributed by atoms with E-state index >= 15 is 0 Å². The van der Waals surface area contributed by atoms with E-state index in [1.54, 1.807) is 0 Å². The highest BCUT2D eigenvalue weighted by Gasteiger charge is 1.17. The molecule has 0 aromatic heterocycles. The minimum atomic E-state index is -1.50. The first-order valence-corrected chi connectivity index (χ1v) is 1.48. The zero-order valence-electron chi connectivity index (χ0n) is 1.43. The highest BCUT2D eigenvalue weighted by Crippen LogP contribution is 1.66. The molecule has 32 valence electrons. The van der Waals surface area contributed by atoms with Crippen LogP contribution in [0.1, 0.15) is 0 Å². The Labute approximate surface area is 36.0 Å². The molecule has 0 amide bonds. The van der Waals surface area contributed by atoms with Gasteiger partial charge < -0.3 is 4.89 Å². The Morgan fingerprint density at radius 3 is 1.40 bits per heavy atom. The van der Waals surface area contributed by atoms with Crippen LogP contribution in [-0.2, 0) is 4.57 Å². The van der Waals surface area contributed by atoms with Crippen molar-refractivity contribution in [2.45, 2.75) is 0 Å². The smallest absolute Gasteiger partial charge is 0.177 e. The summed E-state index contributed by atoms with van der Waals surface area (Å²) < 4.78 is 8.57. The lowest BCUT2D eigenvalue weighted by Gasteiger charge is -1.33. The molecule has 1 atom stereocenters. The molecule has 1 unspecified atom stereocenters. The molecule has 0 aliphatic heterocycles. The lowest BCUT2D eigenvalue weighted by Crippen LogP contribution is -1.03. The van der Waals surface area contributed by atoms with Crippen LogP contribution in [-0.4, -0.2) is 21.7 Å². The Bertz CT molecular complexity index is 15.1. The lowest BCUT2D eigenvalue weighted by molar-refractivity contribution is 0.524. The summed E-state index contributed by atoms with van der Waals surface area (Å²) in [4.78, 5) is 7.10. The quantitative estimate of drug-likeness (QED) is 0.261. The normalized spacial score (nSPS) is 5.80. The van der Waals surface area contributed by atoms with E-state index in [1.165, 1.54) is 0 Å². The summed E-state index contributed by atoms with van der Waals surface area (Å²) in [6, 6.07) is 0. The second-order valence-electron chi connectivity index (χ2n) is 0.105. The van der Waals surface area contributed by atoms with Crippen LogP contribution in [0, 0.1) is 0 Å². The van der Waals surface area contributed by atoms with Crippen LogP contribution in [0.5, 0.6) is 0 Å². The Balaban J connectivity index is -0.0000000200. The van der Waals surface area contributed by atoms with Gasteiger partial charge in [0.1, 0.15) is 0 Å². The molecule has 0 spiro atoms. The number of hydrogen-bond donors (Lipinski definition) is 1. The highest BCUT2D eigenvalue weighted by molar-refractivity contribution is 7.16. The van der Waals surface area contributed by atoms with Gasteiger partial charge in [0.15, 0.2) is 8.69 Å². The lowest BCUT2D eigenvalue weighted by atomic mass is 10.8. The molecule has 0 aliphatic rings. The molecule has 0 aromatic carbocycles. The SMILES string of the molecule is B.B.O=[PH2]O. The van der Waals surface area contributed by atoms with Crippen molar-refractivity contribution in [2.24, 2.45) is 0 Å². The van der Waals surface area contributed by atoms with Crippen molar-refractivity contribution in [3.63, 3.8) is 0 Å². The van der Waals surface area contributed by atoms with Gasteiger partial charge in [-0.1, -0.05) is 0 Å². The van der Waals surface area contributed by atoms with Crippen LogP contribution in [0.25, 0.3) is 0 Å². The topological polar surface area (TPSA) is 37.3 Å². The predicted molar refractivity (Wildman–Crippen MR) is 32.5 cm³/mol. The highest BCUT2D eigenvalue weighted by atomic mass is 31.1. The molecule has 1 N–H and O–H groups in total. The molecule has 2 nitrogen and oxygen atoms in total. The molecule has 0 rings (SSSR count). The molecule has 0 aliphatic carbocycles. The minimum absolute atomic E-state index is 0. The molecule has 0 saturated carbocycles. The van der Waals surface area contributed by atoms with Crippen molar-refractivity contribution in [2.75, 3.05) is 0 Å². The summed E-state index contributed by atoms with van der Waals surface area (Å²) in [5.41, 5.74) is 0. The van der Waals surface area contributed by atoms with E-state index in [-0.39, 0.29) is 16.8 Å². The molecule has 5 heteroatoms. The van der Waals surface area contributed by atoms with Crippen LogP contribution < -0.4 is 0 Å². The van der Waals surface area contributed by atoms with Crippen molar-refractivity contribution < 1.29 is 9.46 Å². The molecule has 0 saturated heterocycles. The maximum Gasteiger partial charge on any atom is 0.177 e. The van der Waals surface area contributed by atoms with E-state index in [1.807, 2.05) is 0 Å². The van der Waals surface area contributed by atoms with Crippen molar-refractivity contribution in [1.29, 1.82) is 0 Å². The third-order valence-electron chi connectivity index (χ3n) is 0. The third-order valence-corrected chi connectivity index (χ3v) is 0. The van der Waals surface area contributed by atoms with Crippen molar-refractivity contribution in [3.05, 3.63) is 0 Å². The summed E-state index contributed by atoms with van der Waals surface area (Å²) in [6.45, 7) is 0. The van der Waals surface area contributed by atoms with Gasteiger partial charge in [0.05, 0.1) is 16.8 Å². The Hall–Kier alpha value is 0.320. The number of rotatable bonds is 0. The Kier molecular flexibility index (Phi) is 101. The van der Waals surface area contributed by atoms with Crippen LogP contribution in [0.3, 0.4) is 0 Å². The first-order chi connectivity index (χ1) is 1.41. The van der Waals surface area contributed by atoms with Gasteiger partial charge >= 0.3 is 0 Å². The molecular formula is H9B2O2P. The van der Waals surface area contributed by atoms with Crippen molar-refractivity contribution in [1.82, 2.24) is 0 Å². The fourth-order valence-corrected chi connectivity index (χ4v) is 0. The monoisotopic (exact) mass is 94.1 g/mol. The van der Waals surface area contributed by atoms with E-state index in [0.717, 1.165) is 0 Å². The molecule has 0 fully saturated rings. The maximum absolute atomic E-state index is 8.57. The van der Waals surface area contributed by atoms with Gasteiger partial charge in [-0.25, -0.2) is 0 Å². The van der Waals surface area contributed by atoms with Gasteiger partial charge in [0, 0.05) is 0 Å². The zero-order chi connectivity index (χ0) is 2.71. The van der Waals surface area contributed by atoms with E-state index < -0.39 is 8.69 Å². The summed E-state index contributed by atoms with van der Waals surface area (Å²) in [5, 5.41) is 0. The summed E-state index contributed by atoms with van der Waals surface area (Å²) in [6.07, 6.45) is 0. The fraction of sp³-hybridized carbons (Fsp3) is 0. The zero-order valence-corrected chi connectivity index (χ0v) is 2.59. The van der Waals surface area contributed by atoms with Gasteiger partial charge in [-0.2, -0.15) is 0 Å². The van der Waals surface area contributed by atoms with E-state index in [9.17, 15) is 0 Å². The van der Waals surface area contributed by atoms with Gasteiger partial charge in [0.2, 0.25) is 0 Å². The van der Waals surface area contributed by atoms with Crippen LogP contribution in [0.4, 0.5) is 0 Å². The van der Waals surface area contributed by atoms with Gasteiger partial charge in [-0.3, -0.25) is 4.57 Å². The molecular weight excluding hydrogens is 84.6 g/mol. The van der Waals surface area contributed by atoms with E-state index in [0.29, 0.717) is 0 Å². The Morgan fingerprint density at radius 1 is 1.40 bits per heavy atom. The second kappa shape index (κ2) is 27.3. The minimum Gasteiger partial charge on any atom is -0.348 e. The summed E-state index contributed by atoms with van der Waals surface area (Å²) >= 11 is 0. The molecule has 0 heterocycles. The Morgan fingerprint density at radius 2 is 1.40 bits per heavy atom. The first kappa shape index (κ1) is 18.4. The van der Waals surface area contributed by atoms with E-state index in [4.69, 9.17) is 9.46 Å². The standard InChI is InChI=1S/2BH3.H3O2P/c;;1-3-2/h2*1H3;3H2,(H,1,2). The average molecular weight is 93.7 g/mol. The maximum atomic E-state index is 8.57. The van der Waals surface area contributed by atoms with Crippen LogP contribution in [0.15, 0.2) is 0 Å². The molecule has 0 aromatic rings. The average Bonchev–Trinajstić information content (AvgIpc) is 0.918. The fourth-order valence-electron chi connectivity index (χ4n) is 0. The van der Waals surface area contributed by atoms with Crippen LogP contribution in [0.2, 0.25) is 0 Å². The van der Waals surface area contributed by atoms with Crippen molar-refractivity contribution in [3.8, 4) is 0 Å². The van der Waals surface area contributed by atoms with E-state index in [2.05, 4.69) is 0 Å². The van der Waals surface area contributed by atoms with Crippen LogP contribution >= 0.6 is 8.69 Å². The summed E-state index contributed by atoms with van der Waals surface area (Å²) in [7, 11) is -1.50. The summed E-state index contributed by atoms with van der Waals surface area (Å²) in [5.74, 6) is 0. The molecule has 5 heavy (non-hydrogen) atoms. The third kappa shape index (κ3) is 227. The predicted octanol–water partition coefficient (Wildman–Crippen LogP) is -2.72. The molecule has 0 bridgehead atoms. The second-order valence-corrected chi connectivity index (χ2v) is 0.316. The van der Waals surface area contributed by atoms with Gasteiger partial charge in [0.25, 0.3) is 0 Å². The van der Waals surface area contributed by atoms with Crippen molar-refractivity contribution >= 4 is 25.5 Å². The molecule has 0 radical (unpaired) electrons. The first-order valence-electron chi connectivity index (χ1n) is 0.494. The number of hydrogen-bond acceptors (Lipinski definition) is 1. The van der Waals surface area contributed by atoms with Gasteiger partial charge in [-0.05, 0) is 0 Å². The largest absolute Gasteiger partial charge is 0.348 e.